The van der Waals surface area contributed by atoms with Gasteiger partial charge in [-0.05, 0) is 48.7 Å². The Labute approximate surface area is 192 Å². The van der Waals surface area contributed by atoms with E-state index in [1.165, 1.54) is 4.31 Å². The molecule has 5 rings (SSSR count). The number of nitrogens with one attached hydrogen (secondary N) is 2. The fourth-order valence-corrected chi connectivity index (χ4v) is 5.73. The number of benzene rings is 3. The molecule has 1 atom stereocenters. The maximum absolute atomic E-state index is 13.2. The minimum absolute atomic E-state index is 0.134. The van der Waals surface area contributed by atoms with Crippen molar-refractivity contribution in [2.24, 2.45) is 0 Å². The van der Waals surface area contributed by atoms with Gasteiger partial charge >= 0.3 is 0 Å². The van der Waals surface area contributed by atoms with E-state index in [9.17, 15) is 13.2 Å². The number of anilines is 1. The number of fused-ring (bicyclic) bond motifs is 1. The first-order valence-corrected chi connectivity index (χ1v) is 12.5. The summed E-state index contributed by atoms with van der Waals surface area (Å²) in [6.45, 7) is 0.434. The highest BCUT2D eigenvalue weighted by Crippen LogP contribution is 2.26. The molecule has 0 unspecified atom stereocenters. The van der Waals surface area contributed by atoms with Crippen LogP contribution in [0.1, 0.15) is 34.2 Å². The van der Waals surface area contributed by atoms with Crippen LogP contribution in [-0.2, 0) is 16.4 Å². The number of carbonyl (C=O) groups is 1. The standard InChI is InChI=1S/C25H24N4O3S/c30-25(19-10-6-11-20(17-19)29-14-7-15-33(29,31)32)28-23(16-18-8-2-1-3-9-18)24-26-21-12-4-5-13-22(21)27-24/h1-6,8-13,17,23H,7,14-16H2,(H,26,27)(H,28,30)/t23-/m0/s1. The fourth-order valence-electron chi connectivity index (χ4n) is 4.18. The summed E-state index contributed by atoms with van der Waals surface area (Å²) in [5.74, 6) is 0.524. The van der Waals surface area contributed by atoms with Crippen molar-refractivity contribution in [1.29, 1.82) is 0 Å². The zero-order valence-corrected chi connectivity index (χ0v) is 18.8. The van der Waals surface area contributed by atoms with E-state index in [0.717, 1.165) is 16.6 Å². The van der Waals surface area contributed by atoms with Crippen molar-refractivity contribution < 1.29 is 13.2 Å². The third-order valence-electron chi connectivity index (χ3n) is 5.82. The Balaban J connectivity index is 1.44. The van der Waals surface area contributed by atoms with Crippen molar-refractivity contribution in [2.45, 2.75) is 18.9 Å². The smallest absolute Gasteiger partial charge is 0.251 e. The van der Waals surface area contributed by atoms with Crippen molar-refractivity contribution in [3.05, 3.63) is 95.8 Å². The second-order valence-corrected chi connectivity index (χ2v) is 10.2. The van der Waals surface area contributed by atoms with Gasteiger partial charge in [0.2, 0.25) is 10.0 Å². The maximum atomic E-state index is 13.2. The van der Waals surface area contributed by atoms with Crippen LogP contribution in [0.25, 0.3) is 11.0 Å². The SMILES string of the molecule is O=C(N[C@@H](Cc1ccccc1)c1nc2ccccc2[nH]1)c1cccc(N2CCCS2(=O)=O)c1. The van der Waals surface area contributed by atoms with Crippen molar-refractivity contribution >= 4 is 32.7 Å². The number of nitrogens with zero attached hydrogens (tertiary/aromatic N) is 2. The van der Waals surface area contributed by atoms with Crippen LogP contribution in [-0.4, -0.2) is 36.6 Å². The average molecular weight is 461 g/mol. The molecule has 2 heterocycles. The van der Waals surface area contributed by atoms with E-state index in [1.807, 2.05) is 54.6 Å². The summed E-state index contributed by atoms with van der Waals surface area (Å²) in [6.07, 6.45) is 1.15. The van der Waals surface area contributed by atoms with Crippen LogP contribution in [0.2, 0.25) is 0 Å². The largest absolute Gasteiger partial charge is 0.342 e. The molecule has 4 aromatic rings. The quantitative estimate of drug-likeness (QED) is 0.457. The lowest BCUT2D eigenvalue weighted by molar-refractivity contribution is 0.0935. The van der Waals surface area contributed by atoms with Gasteiger partial charge in [-0.15, -0.1) is 0 Å². The minimum atomic E-state index is -3.32. The van der Waals surface area contributed by atoms with Crippen LogP contribution >= 0.6 is 0 Å². The Morgan fingerprint density at radius 1 is 1.03 bits per heavy atom. The summed E-state index contributed by atoms with van der Waals surface area (Å²) in [7, 11) is -3.32. The third-order valence-corrected chi connectivity index (χ3v) is 7.69. The molecule has 0 bridgehead atoms. The van der Waals surface area contributed by atoms with Gasteiger partial charge in [0.05, 0.1) is 28.5 Å². The number of carbonyl (C=O) groups excluding carboxylic acids is 1. The van der Waals surface area contributed by atoms with Gasteiger partial charge in [0.15, 0.2) is 0 Å². The summed E-state index contributed by atoms with van der Waals surface area (Å²) in [6, 6.07) is 24.0. The van der Waals surface area contributed by atoms with Gasteiger partial charge in [-0.25, -0.2) is 13.4 Å². The maximum Gasteiger partial charge on any atom is 0.251 e. The first-order valence-electron chi connectivity index (χ1n) is 10.9. The molecule has 1 saturated heterocycles. The van der Waals surface area contributed by atoms with Crippen molar-refractivity contribution in [2.75, 3.05) is 16.6 Å². The third kappa shape index (κ3) is 4.47. The summed E-state index contributed by atoms with van der Waals surface area (Å²) >= 11 is 0. The summed E-state index contributed by atoms with van der Waals surface area (Å²) in [4.78, 5) is 21.3. The molecule has 0 aliphatic carbocycles. The molecule has 1 aliphatic heterocycles. The highest BCUT2D eigenvalue weighted by Gasteiger charge is 2.29. The number of aromatic amines is 1. The zero-order valence-electron chi connectivity index (χ0n) is 17.9. The molecule has 7 nitrogen and oxygen atoms in total. The second-order valence-electron chi connectivity index (χ2n) is 8.15. The Morgan fingerprint density at radius 3 is 2.58 bits per heavy atom. The molecule has 0 spiro atoms. The topological polar surface area (TPSA) is 95.2 Å². The molecule has 8 heteroatoms. The van der Waals surface area contributed by atoms with Gasteiger partial charge in [-0.3, -0.25) is 9.10 Å². The van der Waals surface area contributed by atoms with E-state index in [-0.39, 0.29) is 17.7 Å². The highest BCUT2D eigenvalue weighted by atomic mass is 32.2. The van der Waals surface area contributed by atoms with E-state index < -0.39 is 10.0 Å². The average Bonchev–Trinajstić information content (AvgIpc) is 3.42. The van der Waals surface area contributed by atoms with E-state index in [4.69, 9.17) is 4.98 Å². The molecular formula is C25H24N4O3S. The van der Waals surface area contributed by atoms with Gasteiger partial charge in [-0.1, -0.05) is 48.5 Å². The Bertz CT molecular complexity index is 1370. The first-order chi connectivity index (χ1) is 16.0. The van der Waals surface area contributed by atoms with Crippen LogP contribution in [0.3, 0.4) is 0 Å². The van der Waals surface area contributed by atoms with Gasteiger partial charge < -0.3 is 10.3 Å². The van der Waals surface area contributed by atoms with Gasteiger partial charge in [-0.2, -0.15) is 0 Å². The summed E-state index contributed by atoms with van der Waals surface area (Å²) < 4.78 is 26.0. The number of H-pyrrole nitrogens is 1. The number of sulfonamides is 1. The van der Waals surface area contributed by atoms with E-state index in [0.29, 0.717) is 36.5 Å². The van der Waals surface area contributed by atoms with Crippen molar-refractivity contribution in [3.63, 3.8) is 0 Å². The fraction of sp³-hybridized carbons (Fsp3) is 0.200. The van der Waals surface area contributed by atoms with Crippen LogP contribution in [0.15, 0.2) is 78.9 Å². The van der Waals surface area contributed by atoms with Gasteiger partial charge in [0.1, 0.15) is 5.82 Å². The van der Waals surface area contributed by atoms with Crippen LogP contribution < -0.4 is 9.62 Å². The minimum Gasteiger partial charge on any atom is -0.342 e. The molecule has 3 aromatic carbocycles. The van der Waals surface area contributed by atoms with Crippen LogP contribution in [0.5, 0.6) is 0 Å². The second kappa shape index (κ2) is 8.71. The number of rotatable bonds is 6. The van der Waals surface area contributed by atoms with Gasteiger partial charge in [0.25, 0.3) is 5.91 Å². The Kier molecular flexibility index (Phi) is 5.60. The van der Waals surface area contributed by atoms with E-state index in [1.54, 1.807) is 24.3 Å². The van der Waals surface area contributed by atoms with Gasteiger partial charge in [0, 0.05) is 12.1 Å². The molecule has 0 radical (unpaired) electrons. The molecule has 0 saturated carbocycles. The lowest BCUT2D eigenvalue weighted by Gasteiger charge is -2.19. The normalized spacial score (nSPS) is 16.1. The summed E-state index contributed by atoms with van der Waals surface area (Å²) in [5.41, 5.74) is 3.73. The summed E-state index contributed by atoms with van der Waals surface area (Å²) in [5, 5.41) is 3.10. The molecule has 1 aromatic heterocycles. The number of amides is 1. The monoisotopic (exact) mass is 460 g/mol. The molecule has 2 N–H and O–H groups in total. The number of para-hydroxylation sites is 2. The molecule has 168 valence electrons. The Morgan fingerprint density at radius 2 is 1.82 bits per heavy atom. The zero-order chi connectivity index (χ0) is 22.8. The number of aromatic nitrogens is 2. The highest BCUT2D eigenvalue weighted by molar-refractivity contribution is 7.93. The molecule has 33 heavy (non-hydrogen) atoms. The van der Waals surface area contributed by atoms with Crippen LogP contribution in [0, 0.1) is 0 Å². The predicted octanol–water partition coefficient (Wildman–Crippen LogP) is 3.82. The van der Waals surface area contributed by atoms with Crippen molar-refractivity contribution in [3.8, 4) is 0 Å². The lowest BCUT2D eigenvalue weighted by atomic mass is 10.0. The molecule has 1 aliphatic rings. The number of hydrogen-bond acceptors (Lipinski definition) is 4. The number of hydrogen-bond donors (Lipinski definition) is 2. The lowest BCUT2D eigenvalue weighted by Crippen LogP contribution is -2.31. The molecule has 1 fully saturated rings. The Hall–Kier alpha value is -3.65. The van der Waals surface area contributed by atoms with Crippen molar-refractivity contribution in [1.82, 2.24) is 15.3 Å². The number of imidazole rings is 1. The molecule has 1 amide bonds. The van der Waals surface area contributed by atoms with E-state index in [2.05, 4.69) is 10.3 Å². The predicted molar refractivity (Wildman–Crippen MR) is 129 cm³/mol. The van der Waals surface area contributed by atoms with Crippen LogP contribution in [0.4, 0.5) is 5.69 Å². The van der Waals surface area contributed by atoms with E-state index >= 15 is 0 Å². The first kappa shape index (κ1) is 21.2. The molecular weight excluding hydrogens is 436 g/mol.